The van der Waals surface area contributed by atoms with Gasteiger partial charge in [-0.1, -0.05) is 30.3 Å². The number of hydrogen-bond donors (Lipinski definition) is 0. The summed E-state index contributed by atoms with van der Waals surface area (Å²) in [6.07, 6.45) is 1.68. The second-order valence-electron chi connectivity index (χ2n) is 4.71. The van der Waals surface area contributed by atoms with E-state index in [1.165, 1.54) is 0 Å². The average molecular weight is 260 g/mol. The van der Waals surface area contributed by atoms with Gasteiger partial charge in [-0.25, -0.2) is 0 Å². The predicted octanol–water partition coefficient (Wildman–Crippen LogP) is 5.36. The van der Waals surface area contributed by atoms with Crippen molar-refractivity contribution in [3.05, 3.63) is 73.0 Å². The molecule has 0 bridgehead atoms. The van der Waals surface area contributed by atoms with Crippen molar-refractivity contribution in [3.63, 3.8) is 0 Å². The molecule has 0 amide bonds. The molecular formula is C18H12O2. The first-order chi connectivity index (χ1) is 9.90. The Labute approximate surface area is 116 Å². The van der Waals surface area contributed by atoms with Gasteiger partial charge in [0.05, 0.1) is 6.26 Å². The van der Waals surface area contributed by atoms with Crippen molar-refractivity contribution in [1.82, 2.24) is 0 Å². The largest absolute Gasteiger partial charge is 0.464 e. The Kier molecular flexibility index (Phi) is 2.46. The Balaban J connectivity index is 1.84. The first-order valence-electron chi connectivity index (χ1n) is 6.53. The van der Waals surface area contributed by atoms with E-state index in [0.717, 1.165) is 33.6 Å². The minimum absolute atomic E-state index is 0.870. The second-order valence-corrected chi connectivity index (χ2v) is 4.71. The molecule has 2 nitrogen and oxygen atoms in total. The molecular weight excluding hydrogens is 248 g/mol. The van der Waals surface area contributed by atoms with E-state index in [1.807, 2.05) is 54.6 Å². The molecule has 0 radical (unpaired) electrons. The number of fused-ring (bicyclic) bond motifs is 1. The van der Waals surface area contributed by atoms with E-state index < -0.39 is 0 Å². The highest BCUT2D eigenvalue weighted by atomic mass is 16.3. The van der Waals surface area contributed by atoms with Crippen molar-refractivity contribution < 1.29 is 8.83 Å². The maximum atomic E-state index is 5.90. The van der Waals surface area contributed by atoms with Crippen LogP contribution in [-0.2, 0) is 0 Å². The van der Waals surface area contributed by atoms with Crippen molar-refractivity contribution in [1.29, 1.82) is 0 Å². The molecule has 0 saturated carbocycles. The first-order valence-corrected chi connectivity index (χ1v) is 6.53. The van der Waals surface area contributed by atoms with Crippen LogP contribution in [0.5, 0.6) is 0 Å². The highest BCUT2D eigenvalue weighted by molar-refractivity contribution is 5.86. The summed E-state index contributed by atoms with van der Waals surface area (Å²) in [4.78, 5) is 0. The highest BCUT2D eigenvalue weighted by Gasteiger charge is 2.08. The molecule has 2 heterocycles. The summed E-state index contributed by atoms with van der Waals surface area (Å²) in [6.45, 7) is 0. The summed E-state index contributed by atoms with van der Waals surface area (Å²) >= 11 is 0. The predicted molar refractivity (Wildman–Crippen MR) is 79.4 cm³/mol. The quantitative estimate of drug-likeness (QED) is 0.485. The highest BCUT2D eigenvalue weighted by Crippen LogP contribution is 2.31. The van der Waals surface area contributed by atoms with Crippen LogP contribution in [0.25, 0.3) is 33.6 Å². The molecule has 0 spiro atoms. The third-order valence-corrected chi connectivity index (χ3v) is 3.38. The summed E-state index contributed by atoms with van der Waals surface area (Å²) < 4.78 is 11.3. The van der Waals surface area contributed by atoms with Gasteiger partial charge in [-0.2, -0.15) is 0 Å². The third-order valence-electron chi connectivity index (χ3n) is 3.38. The van der Waals surface area contributed by atoms with Crippen LogP contribution in [-0.4, -0.2) is 0 Å². The van der Waals surface area contributed by atoms with Crippen LogP contribution < -0.4 is 0 Å². The molecule has 20 heavy (non-hydrogen) atoms. The van der Waals surface area contributed by atoms with Crippen LogP contribution in [0.4, 0.5) is 0 Å². The van der Waals surface area contributed by atoms with E-state index in [0.29, 0.717) is 0 Å². The van der Waals surface area contributed by atoms with Gasteiger partial charge >= 0.3 is 0 Å². The minimum Gasteiger partial charge on any atom is -0.464 e. The zero-order valence-electron chi connectivity index (χ0n) is 10.7. The van der Waals surface area contributed by atoms with Crippen LogP contribution in [0, 0.1) is 0 Å². The summed E-state index contributed by atoms with van der Waals surface area (Å²) in [7, 11) is 0. The number of hydrogen-bond acceptors (Lipinski definition) is 2. The van der Waals surface area contributed by atoms with Gasteiger partial charge < -0.3 is 8.83 Å². The molecule has 2 aromatic carbocycles. The van der Waals surface area contributed by atoms with Gasteiger partial charge in [0.2, 0.25) is 0 Å². The fourth-order valence-corrected chi connectivity index (χ4v) is 2.38. The van der Waals surface area contributed by atoms with Gasteiger partial charge in [0.15, 0.2) is 0 Å². The molecule has 0 aliphatic rings. The third kappa shape index (κ3) is 1.82. The van der Waals surface area contributed by atoms with Crippen molar-refractivity contribution in [2.45, 2.75) is 0 Å². The summed E-state index contributed by atoms with van der Waals surface area (Å²) in [5.41, 5.74) is 3.03. The van der Waals surface area contributed by atoms with Crippen molar-refractivity contribution in [3.8, 4) is 22.6 Å². The van der Waals surface area contributed by atoms with Gasteiger partial charge in [-0.05, 0) is 36.4 Å². The Morgan fingerprint density at radius 1 is 0.650 bits per heavy atom. The number of rotatable bonds is 2. The van der Waals surface area contributed by atoms with Crippen molar-refractivity contribution in [2.75, 3.05) is 0 Å². The molecule has 0 unspecified atom stereocenters. The van der Waals surface area contributed by atoms with Crippen LogP contribution in [0.3, 0.4) is 0 Å². The van der Waals surface area contributed by atoms with E-state index in [-0.39, 0.29) is 0 Å². The van der Waals surface area contributed by atoms with E-state index in [2.05, 4.69) is 12.1 Å². The standard InChI is InChI=1S/C18H12O2/c1-2-5-13(6-3-1)18-12-15-11-14(8-9-17(15)20-18)16-7-4-10-19-16/h1-12H. The SMILES string of the molecule is c1ccc(-c2cc3cc(-c4ccco4)ccc3o2)cc1. The van der Waals surface area contributed by atoms with Gasteiger partial charge in [0, 0.05) is 16.5 Å². The monoisotopic (exact) mass is 260 g/mol. The Morgan fingerprint density at radius 2 is 1.55 bits per heavy atom. The Morgan fingerprint density at radius 3 is 2.35 bits per heavy atom. The van der Waals surface area contributed by atoms with E-state index in [4.69, 9.17) is 8.83 Å². The lowest BCUT2D eigenvalue weighted by Crippen LogP contribution is -1.72. The van der Waals surface area contributed by atoms with Crippen LogP contribution in [0.1, 0.15) is 0 Å². The number of furan rings is 2. The lowest BCUT2D eigenvalue weighted by molar-refractivity contribution is 0.582. The van der Waals surface area contributed by atoms with Crippen LogP contribution >= 0.6 is 0 Å². The van der Waals surface area contributed by atoms with Crippen molar-refractivity contribution >= 4 is 11.0 Å². The molecule has 4 rings (SSSR count). The molecule has 96 valence electrons. The zero-order chi connectivity index (χ0) is 13.4. The van der Waals surface area contributed by atoms with Crippen LogP contribution in [0.2, 0.25) is 0 Å². The fourth-order valence-electron chi connectivity index (χ4n) is 2.38. The lowest BCUT2D eigenvalue weighted by atomic mass is 10.1. The van der Waals surface area contributed by atoms with E-state index >= 15 is 0 Å². The summed E-state index contributed by atoms with van der Waals surface area (Å²) in [6, 6.07) is 22.1. The molecule has 4 aromatic rings. The van der Waals surface area contributed by atoms with E-state index in [1.54, 1.807) is 6.26 Å². The summed E-state index contributed by atoms with van der Waals surface area (Å²) in [5.74, 6) is 1.76. The lowest BCUT2D eigenvalue weighted by Gasteiger charge is -1.95. The zero-order valence-corrected chi connectivity index (χ0v) is 10.7. The molecule has 0 atom stereocenters. The maximum absolute atomic E-state index is 5.90. The van der Waals surface area contributed by atoms with E-state index in [9.17, 15) is 0 Å². The molecule has 2 aromatic heterocycles. The first kappa shape index (κ1) is 11.1. The van der Waals surface area contributed by atoms with Crippen molar-refractivity contribution in [2.24, 2.45) is 0 Å². The van der Waals surface area contributed by atoms with Gasteiger partial charge in [-0.3, -0.25) is 0 Å². The molecule has 0 aliphatic heterocycles. The number of benzene rings is 2. The normalized spacial score (nSPS) is 11.0. The topological polar surface area (TPSA) is 26.3 Å². The smallest absolute Gasteiger partial charge is 0.135 e. The summed E-state index contributed by atoms with van der Waals surface area (Å²) in [5, 5.41) is 1.08. The van der Waals surface area contributed by atoms with Gasteiger partial charge in [-0.15, -0.1) is 0 Å². The Bertz CT molecular complexity index is 840. The molecule has 2 heteroatoms. The fraction of sp³-hybridized carbons (Fsp3) is 0. The average Bonchev–Trinajstić information content (AvgIpc) is 3.16. The molecule has 0 N–H and O–H groups in total. The Hall–Kier alpha value is -2.74. The molecule has 0 fully saturated rings. The molecule has 0 aliphatic carbocycles. The minimum atomic E-state index is 0.870. The second kappa shape index (κ2) is 4.42. The maximum Gasteiger partial charge on any atom is 0.135 e. The molecule has 0 saturated heterocycles. The van der Waals surface area contributed by atoms with Gasteiger partial charge in [0.25, 0.3) is 0 Å². The van der Waals surface area contributed by atoms with Gasteiger partial charge in [0.1, 0.15) is 17.1 Å². The van der Waals surface area contributed by atoms with Crippen LogP contribution in [0.15, 0.2) is 81.8 Å².